The van der Waals surface area contributed by atoms with Crippen molar-refractivity contribution >= 4 is 12.6 Å². The van der Waals surface area contributed by atoms with E-state index in [1.165, 1.54) is 0 Å². The highest BCUT2D eigenvalue weighted by molar-refractivity contribution is 6.61. The second kappa shape index (κ2) is 5.49. The summed E-state index contributed by atoms with van der Waals surface area (Å²) in [6.45, 7) is 9.80. The summed E-state index contributed by atoms with van der Waals surface area (Å²) in [6, 6.07) is 0. The maximum absolute atomic E-state index is 10.8. The highest BCUT2D eigenvalue weighted by atomic mass is 16.7. The molecule has 0 unspecified atom stereocenters. The number of rotatable bonds is 2. The smallest absolute Gasteiger partial charge is 0.399 e. The topological polar surface area (TPSA) is 84.7 Å². The van der Waals surface area contributed by atoms with Crippen LogP contribution < -0.4 is 5.46 Å². The molecule has 24 heavy (non-hydrogen) atoms. The number of hydrogen-bond acceptors (Lipinski definition) is 6. The number of nitrogens with zero attached hydrogens (tertiary/aromatic N) is 2. The highest BCUT2D eigenvalue weighted by Gasteiger charge is 2.52. The molecule has 0 bridgehead atoms. The molecule has 0 aromatic carbocycles. The molecule has 6 nitrogen and oxygen atoms in total. The van der Waals surface area contributed by atoms with E-state index in [9.17, 15) is 10.2 Å². The van der Waals surface area contributed by atoms with Gasteiger partial charge in [0.25, 0.3) is 0 Å². The number of aliphatic hydroxyl groups is 2. The number of hydrogen-bond donors (Lipinski definition) is 2. The Morgan fingerprint density at radius 3 is 1.79 bits per heavy atom. The molecular weight excluding hydrogens is 307 g/mol. The third-order valence-electron chi connectivity index (χ3n) is 5.77. The van der Waals surface area contributed by atoms with Gasteiger partial charge in [0.05, 0.1) is 16.8 Å². The Balaban J connectivity index is 1.75. The zero-order chi connectivity index (χ0) is 17.8. The van der Waals surface area contributed by atoms with Crippen LogP contribution in [0.4, 0.5) is 0 Å². The van der Waals surface area contributed by atoms with Crippen LogP contribution in [0.15, 0.2) is 12.4 Å². The highest BCUT2D eigenvalue weighted by Crippen LogP contribution is 2.40. The van der Waals surface area contributed by atoms with Crippen molar-refractivity contribution in [3.63, 3.8) is 0 Å². The zero-order valence-electron chi connectivity index (χ0n) is 15.2. The summed E-state index contributed by atoms with van der Waals surface area (Å²) in [6.07, 6.45) is 5.30. The van der Waals surface area contributed by atoms with E-state index < -0.39 is 29.5 Å². The molecule has 1 aliphatic heterocycles. The summed E-state index contributed by atoms with van der Waals surface area (Å²) in [5.41, 5.74) is -1.87. The Morgan fingerprint density at radius 1 is 0.875 bits per heavy atom. The molecule has 2 N–H and O–H groups in total. The summed E-state index contributed by atoms with van der Waals surface area (Å²) in [5.74, 6) is 0.401. The van der Waals surface area contributed by atoms with Gasteiger partial charge in [-0.3, -0.25) is 0 Å². The first-order valence-electron chi connectivity index (χ1n) is 8.57. The lowest BCUT2D eigenvalue weighted by Crippen LogP contribution is -2.41. The third kappa shape index (κ3) is 3.10. The van der Waals surface area contributed by atoms with E-state index in [0.717, 1.165) is 5.46 Å². The minimum atomic E-state index is -1.07. The molecule has 1 aromatic heterocycles. The summed E-state index contributed by atoms with van der Waals surface area (Å²) >= 11 is 0. The molecular formula is C17H27BN2O4. The van der Waals surface area contributed by atoms with Crippen molar-refractivity contribution in [1.29, 1.82) is 0 Å². The van der Waals surface area contributed by atoms with Gasteiger partial charge < -0.3 is 19.5 Å². The van der Waals surface area contributed by atoms with Gasteiger partial charge in [-0.05, 0) is 60.3 Å². The standard InChI is InChI=1S/C17H27BN2O4/c1-14(2)15(3,4)24-18(23-14)12-10-19-13(20-11-12)17(22)8-6-16(5,21)7-9-17/h10-11,21-22H,6-9H2,1-5H3. The van der Waals surface area contributed by atoms with Crippen molar-refractivity contribution < 1.29 is 19.5 Å². The average Bonchev–Trinajstić information content (AvgIpc) is 2.71. The van der Waals surface area contributed by atoms with Crippen LogP contribution in [0.2, 0.25) is 0 Å². The maximum Gasteiger partial charge on any atom is 0.498 e. The van der Waals surface area contributed by atoms with E-state index in [4.69, 9.17) is 9.31 Å². The Hall–Kier alpha value is -1.02. The Labute approximate surface area is 143 Å². The fourth-order valence-corrected chi connectivity index (χ4v) is 3.10. The first-order chi connectivity index (χ1) is 10.9. The van der Waals surface area contributed by atoms with Gasteiger partial charge in [0.1, 0.15) is 5.60 Å². The molecule has 2 fully saturated rings. The lowest BCUT2D eigenvalue weighted by molar-refractivity contribution is -0.0802. The van der Waals surface area contributed by atoms with Crippen molar-refractivity contribution in [3.05, 3.63) is 18.2 Å². The molecule has 132 valence electrons. The van der Waals surface area contributed by atoms with E-state index in [1.807, 2.05) is 27.7 Å². The van der Waals surface area contributed by atoms with Crippen LogP contribution in [-0.4, -0.2) is 44.1 Å². The lowest BCUT2D eigenvalue weighted by Gasteiger charge is -2.38. The van der Waals surface area contributed by atoms with E-state index in [-0.39, 0.29) is 0 Å². The second-order valence-electron chi connectivity index (χ2n) is 8.46. The lowest BCUT2D eigenvalue weighted by atomic mass is 9.76. The van der Waals surface area contributed by atoms with E-state index in [2.05, 4.69) is 9.97 Å². The largest absolute Gasteiger partial charge is 0.498 e. The van der Waals surface area contributed by atoms with Crippen molar-refractivity contribution in [1.82, 2.24) is 9.97 Å². The van der Waals surface area contributed by atoms with Gasteiger partial charge in [-0.25, -0.2) is 9.97 Å². The summed E-state index contributed by atoms with van der Waals surface area (Å²) in [4.78, 5) is 8.72. The normalized spacial score (nSPS) is 35.2. The molecule has 1 aliphatic carbocycles. The second-order valence-corrected chi connectivity index (χ2v) is 8.46. The molecule has 0 spiro atoms. The molecule has 2 heterocycles. The maximum atomic E-state index is 10.8. The minimum absolute atomic E-state index is 0.401. The molecule has 1 saturated carbocycles. The van der Waals surface area contributed by atoms with Crippen molar-refractivity contribution in [2.45, 2.75) is 82.7 Å². The molecule has 3 rings (SSSR count). The average molecular weight is 334 g/mol. The zero-order valence-corrected chi connectivity index (χ0v) is 15.2. The van der Waals surface area contributed by atoms with Crippen molar-refractivity contribution in [2.75, 3.05) is 0 Å². The van der Waals surface area contributed by atoms with Crippen LogP contribution in [0, 0.1) is 0 Å². The van der Waals surface area contributed by atoms with Crippen LogP contribution in [0.5, 0.6) is 0 Å². The van der Waals surface area contributed by atoms with Crippen molar-refractivity contribution in [3.8, 4) is 0 Å². The quantitative estimate of drug-likeness (QED) is 0.793. The van der Waals surface area contributed by atoms with Gasteiger partial charge in [0, 0.05) is 17.9 Å². The minimum Gasteiger partial charge on any atom is -0.399 e. The Morgan fingerprint density at radius 2 is 1.33 bits per heavy atom. The van der Waals surface area contributed by atoms with E-state index in [0.29, 0.717) is 31.5 Å². The van der Waals surface area contributed by atoms with Gasteiger partial charge in [0.15, 0.2) is 5.82 Å². The summed E-state index contributed by atoms with van der Waals surface area (Å²) in [5, 5.41) is 20.9. The molecule has 1 saturated heterocycles. The molecule has 0 radical (unpaired) electrons. The summed E-state index contributed by atoms with van der Waals surface area (Å²) < 4.78 is 12.0. The van der Waals surface area contributed by atoms with E-state index in [1.54, 1.807) is 19.3 Å². The van der Waals surface area contributed by atoms with Gasteiger partial charge in [-0.15, -0.1) is 0 Å². The van der Waals surface area contributed by atoms with Crippen LogP contribution in [0.25, 0.3) is 0 Å². The molecule has 7 heteroatoms. The SMILES string of the molecule is CC1(O)CCC(O)(c2ncc(B3OC(C)(C)C(C)(C)O3)cn2)CC1. The first kappa shape index (κ1) is 17.8. The Bertz CT molecular complexity index is 590. The fourth-order valence-electron chi connectivity index (χ4n) is 3.10. The van der Waals surface area contributed by atoms with Crippen LogP contribution in [0.1, 0.15) is 66.1 Å². The molecule has 0 atom stereocenters. The van der Waals surface area contributed by atoms with Gasteiger partial charge in [-0.2, -0.15) is 0 Å². The summed E-state index contributed by atoms with van der Waals surface area (Å²) in [7, 11) is -0.509. The predicted molar refractivity (Wildman–Crippen MR) is 90.7 cm³/mol. The molecule has 2 aliphatic rings. The van der Waals surface area contributed by atoms with Gasteiger partial charge in [-0.1, -0.05) is 0 Å². The van der Waals surface area contributed by atoms with Gasteiger partial charge in [0.2, 0.25) is 0 Å². The van der Waals surface area contributed by atoms with Crippen LogP contribution >= 0.6 is 0 Å². The van der Waals surface area contributed by atoms with Crippen LogP contribution in [0.3, 0.4) is 0 Å². The number of aromatic nitrogens is 2. The monoisotopic (exact) mass is 334 g/mol. The van der Waals surface area contributed by atoms with Crippen LogP contribution in [-0.2, 0) is 14.9 Å². The van der Waals surface area contributed by atoms with Gasteiger partial charge >= 0.3 is 7.12 Å². The third-order valence-corrected chi connectivity index (χ3v) is 5.77. The first-order valence-corrected chi connectivity index (χ1v) is 8.57. The molecule has 0 amide bonds. The van der Waals surface area contributed by atoms with Crippen molar-refractivity contribution in [2.24, 2.45) is 0 Å². The predicted octanol–water partition coefficient (Wildman–Crippen LogP) is 1.29. The van der Waals surface area contributed by atoms with E-state index >= 15 is 0 Å². The molecule has 1 aromatic rings. The fraction of sp³-hybridized carbons (Fsp3) is 0.765. The Kier molecular flexibility index (Phi) is 4.07.